The molecule has 0 N–H and O–H groups in total. The average molecular weight is 298 g/mol. The molecule has 0 bridgehead atoms. The monoisotopic (exact) mass is 297 g/mol. The topological polar surface area (TPSA) is 20.3 Å². The molecule has 0 fully saturated rings. The van der Waals surface area contributed by atoms with Crippen LogP contribution in [0.5, 0.6) is 0 Å². The summed E-state index contributed by atoms with van der Waals surface area (Å²) in [6.07, 6.45) is 0.492. The predicted octanol–water partition coefficient (Wildman–Crippen LogP) is 3.17. The lowest BCUT2D eigenvalue weighted by Crippen LogP contribution is -2.39. The lowest BCUT2D eigenvalue weighted by molar-refractivity contribution is -0.131. The molecule has 0 heterocycles. The van der Waals surface area contributed by atoms with Gasteiger partial charge in [0.15, 0.2) is 0 Å². The third-order valence-electron chi connectivity index (χ3n) is 2.75. The Balaban J connectivity index is 2.66. The zero-order valence-electron chi connectivity index (χ0n) is 10.7. The van der Waals surface area contributed by atoms with Gasteiger partial charge in [-0.1, -0.05) is 45.8 Å². The number of amides is 1. The number of carbonyl (C=O) groups is 1. The third kappa shape index (κ3) is 4.50. The largest absolute Gasteiger partial charge is 0.339 e. The summed E-state index contributed by atoms with van der Waals surface area (Å²) in [5.74, 6) is 0.198. The van der Waals surface area contributed by atoms with Gasteiger partial charge in [0, 0.05) is 17.9 Å². The fourth-order valence-electron chi connectivity index (χ4n) is 1.74. The number of aryl methyl sites for hydroxylation is 1. The second-order valence-electron chi connectivity index (χ2n) is 4.53. The van der Waals surface area contributed by atoms with Gasteiger partial charge in [-0.25, -0.2) is 0 Å². The Bertz CT molecular complexity index is 359. The van der Waals surface area contributed by atoms with Gasteiger partial charge in [0.1, 0.15) is 0 Å². The van der Waals surface area contributed by atoms with Gasteiger partial charge >= 0.3 is 0 Å². The van der Waals surface area contributed by atoms with Crippen molar-refractivity contribution >= 4 is 21.8 Å². The van der Waals surface area contributed by atoms with Crippen molar-refractivity contribution in [2.75, 3.05) is 11.9 Å². The number of hydrogen-bond donors (Lipinski definition) is 0. The molecule has 0 aliphatic heterocycles. The Labute approximate surface area is 112 Å². The third-order valence-corrected chi connectivity index (χ3v) is 3.10. The normalized spacial score (nSPS) is 10.6. The summed E-state index contributed by atoms with van der Waals surface area (Å²) in [4.78, 5) is 14.0. The summed E-state index contributed by atoms with van der Waals surface area (Å²) in [6.45, 7) is 6.92. The van der Waals surface area contributed by atoms with Gasteiger partial charge in [-0.15, -0.1) is 0 Å². The van der Waals surface area contributed by atoms with Crippen LogP contribution in [-0.2, 0) is 11.2 Å². The fourth-order valence-corrected chi connectivity index (χ4v) is 2.13. The van der Waals surface area contributed by atoms with E-state index in [9.17, 15) is 4.79 Å². The van der Waals surface area contributed by atoms with Crippen LogP contribution >= 0.6 is 15.9 Å². The molecule has 1 aromatic rings. The summed E-state index contributed by atoms with van der Waals surface area (Å²) in [6, 6.07) is 8.41. The van der Waals surface area contributed by atoms with Gasteiger partial charge in [0.25, 0.3) is 0 Å². The second kappa shape index (κ2) is 6.80. The highest BCUT2D eigenvalue weighted by molar-refractivity contribution is 9.09. The van der Waals surface area contributed by atoms with Gasteiger partial charge < -0.3 is 4.90 Å². The number of carbonyl (C=O) groups excluding carboxylic acids is 1. The van der Waals surface area contributed by atoms with Crippen molar-refractivity contribution in [3.05, 3.63) is 35.4 Å². The van der Waals surface area contributed by atoms with E-state index in [1.807, 2.05) is 29.2 Å². The molecular formula is C14H20BrNO. The van der Waals surface area contributed by atoms with Crippen LogP contribution in [0.15, 0.2) is 24.3 Å². The number of benzene rings is 1. The first-order valence-corrected chi connectivity index (χ1v) is 7.07. The van der Waals surface area contributed by atoms with Crippen LogP contribution in [-0.4, -0.2) is 28.7 Å². The van der Waals surface area contributed by atoms with Crippen molar-refractivity contribution in [3.63, 3.8) is 0 Å². The first-order chi connectivity index (χ1) is 8.04. The molecule has 94 valence electrons. The van der Waals surface area contributed by atoms with E-state index < -0.39 is 0 Å². The van der Waals surface area contributed by atoms with E-state index >= 15 is 0 Å². The van der Waals surface area contributed by atoms with E-state index in [4.69, 9.17) is 0 Å². The zero-order valence-corrected chi connectivity index (χ0v) is 12.3. The fraction of sp³-hybridized carbons (Fsp3) is 0.500. The Morgan fingerprint density at radius 3 is 2.35 bits per heavy atom. The molecule has 0 radical (unpaired) electrons. The van der Waals surface area contributed by atoms with Crippen LogP contribution in [0.1, 0.15) is 25.0 Å². The smallest absolute Gasteiger partial charge is 0.227 e. The van der Waals surface area contributed by atoms with E-state index in [-0.39, 0.29) is 11.9 Å². The predicted molar refractivity (Wildman–Crippen MR) is 75.5 cm³/mol. The van der Waals surface area contributed by atoms with Crippen molar-refractivity contribution < 1.29 is 4.79 Å². The zero-order chi connectivity index (χ0) is 12.8. The van der Waals surface area contributed by atoms with Crippen LogP contribution < -0.4 is 0 Å². The molecule has 0 atom stereocenters. The highest BCUT2D eigenvalue weighted by atomic mass is 79.9. The highest BCUT2D eigenvalue weighted by Gasteiger charge is 2.16. The van der Waals surface area contributed by atoms with Crippen molar-refractivity contribution in [3.8, 4) is 0 Å². The number of nitrogens with zero attached hydrogens (tertiary/aromatic N) is 1. The molecule has 0 saturated carbocycles. The molecule has 0 aliphatic carbocycles. The van der Waals surface area contributed by atoms with E-state index in [2.05, 4.69) is 36.7 Å². The molecule has 0 unspecified atom stereocenters. The highest BCUT2D eigenvalue weighted by Crippen LogP contribution is 2.08. The maximum absolute atomic E-state index is 12.1. The van der Waals surface area contributed by atoms with Gasteiger partial charge in [-0.05, 0) is 26.3 Å². The van der Waals surface area contributed by atoms with E-state index in [1.54, 1.807) is 0 Å². The molecule has 17 heavy (non-hydrogen) atoms. The Morgan fingerprint density at radius 1 is 1.29 bits per heavy atom. The molecule has 1 amide bonds. The van der Waals surface area contributed by atoms with Gasteiger partial charge in [0.2, 0.25) is 5.91 Å². The molecule has 0 spiro atoms. The average Bonchev–Trinajstić information content (AvgIpc) is 2.28. The molecule has 0 aromatic heterocycles. The number of hydrogen-bond acceptors (Lipinski definition) is 1. The summed E-state index contributed by atoms with van der Waals surface area (Å²) in [5, 5.41) is 0.824. The summed E-state index contributed by atoms with van der Waals surface area (Å²) < 4.78 is 0. The van der Waals surface area contributed by atoms with E-state index in [0.717, 1.165) is 17.4 Å². The van der Waals surface area contributed by atoms with Crippen molar-refractivity contribution in [2.45, 2.75) is 33.2 Å². The Hall–Kier alpha value is -0.830. The minimum Gasteiger partial charge on any atom is -0.339 e. The van der Waals surface area contributed by atoms with Crippen LogP contribution in [0, 0.1) is 6.92 Å². The van der Waals surface area contributed by atoms with Crippen LogP contribution in [0.25, 0.3) is 0 Å². The van der Waals surface area contributed by atoms with E-state index in [0.29, 0.717) is 6.42 Å². The maximum Gasteiger partial charge on any atom is 0.227 e. The summed E-state index contributed by atoms with van der Waals surface area (Å²) >= 11 is 3.39. The molecule has 2 nitrogen and oxygen atoms in total. The minimum atomic E-state index is 0.198. The van der Waals surface area contributed by atoms with Gasteiger partial charge in [-0.2, -0.15) is 0 Å². The Kier molecular flexibility index (Phi) is 5.69. The lowest BCUT2D eigenvalue weighted by atomic mass is 10.1. The van der Waals surface area contributed by atoms with Crippen LogP contribution in [0.4, 0.5) is 0 Å². The molecule has 1 rings (SSSR count). The number of alkyl halides is 1. The van der Waals surface area contributed by atoms with Crippen molar-refractivity contribution in [2.24, 2.45) is 0 Å². The lowest BCUT2D eigenvalue weighted by Gasteiger charge is -2.26. The first kappa shape index (κ1) is 14.2. The molecular weight excluding hydrogens is 278 g/mol. The summed E-state index contributed by atoms with van der Waals surface area (Å²) in [7, 11) is 0. The van der Waals surface area contributed by atoms with Crippen LogP contribution in [0.2, 0.25) is 0 Å². The SMILES string of the molecule is Cc1ccc(CC(=O)N(CCBr)C(C)C)cc1. The first-order valence-electron chi connectivity index (χ1n) is 5.95. The molecule has 0 saturated heterocycles. The summed E-state index contributed by atoms with van der Waals surface area (Å²) in [5.41, 5.74) is 2.31. The maximum atomic E-state index is 12.1. The van der Waals surface area contributed by atoms with Gasteiger partial charge in [0.05, 0.1) is 6.42 Å². The standard InChI is InChI=1S/C14H20BrNO/c1-11(2)16(9-8-15)14(17)10-13-6-4-12(3)5-7-13/h4-7,11H,8-10H2,1-3H3. The molecule has 3 heteroatoms. The van der Waals surface area contributed by atoms with E-state index in [1.165, 1.54) is 5.56 Å². The molecule has 0 aliphatic rings. The Morgan fingerprint density at radius 2 is 1.88 bits per heavy atom. The minimum absolute atomic E-state index is 0.198. The second-order valence-corrected chi connectivity index (χ2v) is 5.33. The van der Waals surface area contributed by atoms with Crippen molar-refractivity contribution in [1.29, 1.82) is 0 Å². The van der Waals surface area contributed by atoms with Gasteiger partial charge in [-0.3, -0.25) is 4.79 Å². The number of rotatable bonds is 5. The number of halogens is 1. The molecule has 1 aromatic carbocycles. The van der Waals surface area contributed by atoms with Crippen LogP contribution in [0.3, 0.4) is 0 Å². The van der Waals surface area contributed by atoms with Crippen molar-refractivity contribution in [1.82, 2.24) is 4.90 Å². The quantitative estimate of drug-likeness (QED) is 0.765.